The molecule has 3 rings (SSSR count). The van der Waals surface area contributed by atoms with Crippen molar-refractivity contribution in [2.24, 2.45) is 8.80 Å². The van der Waals surface area contributed by atoms with Gasteiger partial charge in [0.15, 0.2) is 0 Å². The second-order valence-electron chi connectivity index (χ2n) is 4.06. The van der Waals surface area contributed by atoms with E-state index in [9.17, 15) is 27.0 Å². The van der Waals surface area contributed by atoms with Crippen LogP contribution in [0.15, 0.2) is 49.8 Å². The topological polar surface area (TPSA) is 148 Å². The van der Waals surface area contributed by atoms with Gasteiger partial charge in [0.25, 0.3) is 10.0 Å². The van der Waals surface area contributed by atoms with Gasteiger partial charge in [-0.1, -0.05) is 33.1 Å². The zero-order valence-electron chi connectivity index (χ0n) is 11.0. The summed E-state index contributed by atoms with van der Waals surface area (Å²) in [4.78, 5) is 0.00926. The van der Waals surface area contributed by atoms with Crippen LogP contribution in [0, 0.1) is 0 Å². The first-order valence-electron chi connectivity index (χ1n) is 5.62. The molecule has 0 radical (unpaired) electrons. The number of rotatable bonds is 0. The zero-order chi connectivity index (χ0) is 16.5. The molecule has 9 nitrogen and oxygen atoms in total. The van der Waals surface area contributed by atoms with E-state index in [1.54, 1.807) is 12.1 Å². The molecule has 0 unspecified atom stereocenters. The Morgan fingerprint density at radius 3 is 2.08 bits per heavy atom. The van der Waals surface area contributed by atoms with Crippen LogP contribution in [0.5, 0.6) is 0 Å². The fourth-order valence-electron chi connectivity index (χ4n) is 1.59. The summed E-state index contributed by atoms with van der Waals surface area (Å²) in [7, 11) is -7.65. The van der Waals surface area contributed by atoms with Crippen LogP contribution in [0.25, 0.3) is 0 Å². The Hall–Kier alpha value is -2.40. The van der Waals surface area contributed by atoms with Crippen molar-refractivity contribution in [3.05, 3.63) is 41.7 Å². The van der Waals surface area contributed by atoms with Crippen LogP contribution in [0.4, 0.5) is 0 Å². The summed E-state index contributed by atoms with van der Waals surface area (Å²) in [5.41, 5.74) is 0.164. The van der Waals surface area contributed by atoms with Gasteiger partial charge in [0.2, 0.25) is 0 Å². The second-order valence-corrected chi connectivity index (χ2v) is 6.84. The average molecular weight is 376 g/mol. The van der Waals surface area contributed by atoms with E-state index < -0.39 is 32.1 Å². The fourth-order valence-corrected chi connectivity index (χ4v) is 3.38. The molecule has 0 aromatic heterocycles. The molecule has 0 bridgehead atoms. The molecular weight excluding hydrogens is 360 g/mol. The molecule has 11 heteroatoms. The van der Waals surface area contributed by atoms with Crippen LogP contribution in [0.2, 0.25) is 0 Å². The number of hydrogen-bond donors (Lipinski definition) is 0. The number of benzene rings is 1. The predicted molar refractivity (Wildman–Crippen MR) is 84.8 cm³/mol. The first-order valence-corrected chi connectivity index (χ1v) is 8.42. The summed E-state index contributed by atoms with van der Waals surface area (Å²) in [6.45, 7) is 1.37. The Morgan fingerprint density at radius 1 is 1.00 bits per heavy atom. The van der Waals surface area contributed by atoms with Crippen LogP contribution in [-0.4, -0.2) is 28.6 Å². The normalized spacial score (nSPS) is 18.6. The van der Waals surface area contributed by atoms with Gasteiger partial charge in [-0.25, -0.2) is 0 Å². The molecule has 134 valence electrons. The molecule has 0 atom stereocenters. The van der Waals surface area contributed by atoms with Crippen molar-refractivity contribution in [3.63, 3.8) is 0 Å². The van der Waals surface area contributed by atoms with Crippen LogP contribution >= 0.6 is 0 Å². The Morgan fingerprint density at radius 2 is 1.58 bits per heavy atom. The number of sulfonamides is 1. The van der Waals surface area contributed by atoms with Gasteiger partial charge in [-0.3, -0.25) is 0 Å². The lowest BCUT2D eigenvalue weighted by Crippen LogP contribution is -2.21. The van der Waals surface area contributed by atoms with E-state index in [4.69, 9.17) is 0 Å². The van der Waals surface area contributed by atoms with E-state index in [0.29, 0.717) is 0 Å². The van der Waals surface area contributed by atoms with Crippen molar-refractivity contribution in [2.45, 2.75) is 26.7 Å². The summed E-state index contributed by atoms with van der Waals surface area (Å²) in [6, 6.07) is 5.99. The van der Waals surface area contributed by atoms with Crippen molar-refractivity contribution in [1.82, 2.24) is 0 Å². The van der Waals surface area contributed by atoms with Crippen LogP contribution in [0.3, 0.4) is 0 Å². The Balaban J connectivity index is 0.000000413. The van der Waals surface area contributed by atoms with Crippen molar-refractivity contribution < 1.29 is 31.2 Å². The zero-order valence-corrected chi connectivity index (χ0v) is 12.6. The highest BCUT2D eigenvalue weighted by Gasteiger charge is 2.22. The van der Waals surface area contributed by atoms with E-state index >= 15 is 0 Å². The fraction of sp³-hybridized carbons (Fsp3) is 0.231. The van der Waals surface area contributed by atoms with Gasteiger partial charge >= 0.3 is 10.3 Å². The van der Waals surface area contributed by atoms with Crippen molar-refractivity contribution in [2.75, 3.05) is 0 Å². The van der Waals surface area contributed by atoms with Gasteiger partial charge in [0.05, 0.1) is 4.90 Å². The van der Waals surface area contributed by atoms with Gasteiger partial charge in [-0.05, 0) is 19.1 Å². The standard InChI is InChI=1S/C7H5NO3S.C4H5NO4S.2CH4/c9-7-5-3-1-2-4-6(5)12(10,11)8-7;1-3-2-4(6)5-10(7,8)9-3;;/h1-4H,(H,8,9);2H,1H3,(H,5,6);2*1H4/p-2. The Kier molecular flexibility index (Phi) is 6.70. The van der Waals surface area contributed by atoms with E-state index in [1.807, 2.05) is 0 Å². The smallest absolute Gasteiger partial charge is 0.427 e. The summed E-state index contributed by atoms with van der Waals surface area (Å²) >= 11 is 0. The largest absolute Gasteiger partial charge is 0.858 e. The number of nitrogens with zero attached hydrogens (tertiary/aromatic N) is 2. The third-order valence-corrected chi connectivity index (χ3v) is 4.56. The molecule has 0 fully saturated rings. The number of fused-ring (bicyclic) bond motifs is 1. The first kappa shape index (κ1) is 21.6. The van der Waals surface area contributed by atoms with Gasteiger partial charge < -0.3 is 14.4 Å². The van der Waals surface area contributed by atoms with Crippen molar-refractivity contribution in [1.29, 1.82) is 0 Å². The monoisotopic (exact) mass is 376 g/mol. The van der Waals surface area contributed by atoms with E-state index in [1.165, 1.54) is 19.1 Å². The molecule has 0 N–H and O–H groups in total. The minimum atomic E-state index is -3.97. The van der Waals surface area contributed by atoms with Gasteiger partial charge in [-0.2, -0.15) is 21.2 Å². The van der Waals surface area contributed by atoms with Gasteiger partial charge in [0, 0.05) is 17.4 Å². The number of allylic oxidation sites excluding steroid dienone is 1. The molecule has 0 saturated heterocycles. The molecule has 1 aromatic rings. The van der Waals surface area contributed by atoms with Crippen LogP contribution in [0.1, 0.15) is 27.3 Å². The lowest BCUT2D eigenvalue weighted by Gasteiger charge is -2.12. The molecular formula is C13H16N2O7S2-2. The van der Waals surface area contributed by atoms with E-state index in [-0.39, 0.29) is 31.1 Å². The highest BCUT2D eigenvalue weighted by atomic mass is 32.2. The quantitative estimate of drug-likeness (QED) is 0.603. The summed E-state index contributed by atoms with van der Waals surface area (Å²) in [5, 5.41) is 21.3. The molecule has 2 heterocycles. The van der Waals surface area contributed by atoms with E-state index in [2.05, 4.69) is 13.0 Å². The highest BCUT2D eigenvalue weighted by molar-refractivity contribution is 7.90. The molecule has 0 amide bonds. The van der Waals surface area contributed by atoms with Crippen LogP contribution in [-0.2, 0) is 24.5 Å². The molecule has 24 heavy (non-hydrogen) atoms. The van der Waals surface area contributed by atoms with Gasteiger partial charge in [-0.15, -0.1) is 4.40 Å². The van der Waals surface area contributed by atoms with E-state index in [0.717, 1.165) is 6.08 Å². The number of hydrogen-bond acceptors (Lipinski definition) is 7. The Bertz CT molecular complexity index is 913. The summed E-state index contributed by atoms with van der Waals surface area (Å²) < 4.78 is 52.9. The minimum absolute atomic E-state index is 0. The minimum Gasteiger partial charge on any atom is -0.858 e. The predicted octanol–water partition coefficient (Wildman–Crippen LogP) is -0.308. The highest BCUT2D eigenvalue weighted by Crippen LogP contribution is 2.23. The third-order valence-electron chi connectivity index (χ3n) is 2.36. The molecule has 1 aromatic carbocycles. The summed E-state index contributed by atoms with van der Waals surface area (Å²) in [6.07, 6.45) is 1.00. The average Bonchev–Trinajstić information content (AvgIpc) is 2.58. The molecule has 0 spiro atoms. The maximum atomic E-state index is 11.1. The van der Waals surface area contributed by atoms with Gasteiger partial charge in [0.1, 0.15) is 5.76 Å². The second kappa shape index (κ2) is 7.45. The Labute approximate surface area is 141 Å². The molecule has 0 saturated carbocycles. The maximum Gasteiger partial charge on any atom is 0.427 e. The molecule has 2 aliphatic rings. The first-order chi connectivity index (χ1) is 10.1. The molecule has 2 aliphatic heterocycles. The summed E-state index contributed by atoms with van der Waals surface area (Å²) in [5.74, 6) is -1.44. The lowest BCUT2D eigenvalue weighted by molar-refractivity contribution is -0.212. The third kappa shape index (κ3) is 4.80. The molecule has 0 aliphatic carbocycles. The van der Waals surface area contributed by atoms with Crippen LogP contribution < -0.4 is 10.2 Å². The maximum absolute atomic E-state index is 11.1. The SMILES string of the molecule is C.C.CC1=CC([O-])=NS(=O)(=O)O1.O=S1(=O)N=C([O-])c2ccccc21. The van der Waals surface area contributed by atoms with Crippen molar-refractivity contribution >= 4 is 32.1 Å². The van der Waals surface area contributed by atoms with Crippen molar-refractivity contribution in [3.8, 4) is 0 Å². The lowest BCUT2D eigenvalue weighted by atomic mass is 10.2.